The van der Waals surface area contributed by atoms with Crippen LogP contribution in [-0.2, 0) is 11.3 Å². The molecule has 3 aromatic rings. The first-order chi connectivity index (χ1) is 13.1. The Kier molecular flexibility index (Phi) is 5.29. The second-order valence-electron chi connectivity index (χ2n) is 7.21. The van der Waals surface area contributed by atoms with Crippen molar-refractivity contribution in [2.75, 3.05) is 31.6 Å². The number of nitrogens with one attached hydrogen (secondary N) is 1. The van der Waals surface area contributed by atoms with Gasteiger partial charge in [0.05, 0.1) is 23.4 Å². The molecule has 0 unspecified atom stereocenters. The Morgan fingerprint density at radius 1 is 1.22 bits per heavy atom. The minimum Gasteiger partial charge on any atom is -0.379 e. The average Bonchev–Trinajstić information content (AvgIpc) is 3.23. The number of fused-ring (bicyclic) bond motifs is 1. The topological polar surface area (TPSA) is 46.5 Å². The van der Waals surface area contributed by atoms with E-state index in [1.807, 2.05) is 18.2 Å². The van der Waals surface area contributed by atoms with Crippen LogP contribution in [0.1, 0.15) is 35.9 Å². The van der Waals surface area contributed by atoms with Crippen LogP contribution in [0.5, 0.6) is 0 Å². The quantitative estimate of drug-likeness (QED) is 0.712. The molecule has 142 valence electrons. The van der Waals surface area contributed by atoms with Crippen LogP contribution in [0.25, 0.3) is 10.2 Å². The lowest BCUT2D eigenvalue weighted by Crippen LogP contribution is -2.35. The molecule has 0 bridgehead atoms. The molecule has 1 N–H and O–H groups in total. The van der Waals surface area contributed by atoms with Crippen LogP contribution < -0.4 is 5.32 Å². The van der Waals surface area contributed by atoms with E-state index in [1.54, 1.807) is 11.3 Å². The van der Waals surface area contributed by atoms with Crippen molar-refractivity contribution in [3.63, 3.8) is 0 Å². The largest absolute Gasteiger partial charge is 0.379 e. The standard InChI is InChI=1S/C21H25N3O2S/c1-15(2)24-18-6-11-27-20(18)13-19(24)21(25)22-17-5-3-4-16(12-17)14-23-7-9-26-10-8-23/h3-6,11-13,15H,7-10,14H2,1-2H3,(H,22,25). The summed E-state index contributed by atoms with van der Waals surface area (Å²) in [5, 5.41) is 5.15. The zero-order chi connectivity index (χ0) is 18.8. The van der Waals surface area contributed by atoms with E-state index in [9.17, 15) is 4.79 Å². The highest BCUT2D eigenvalue weighted by atomic mass is 32.1. The lowest BCUT2D eigenvalue weighted by atomic mass is 10.1. The number of hydrogen-bond donors (Lipinski definition) is 1. The summed E-state index contributed by atoms with van der Waals surface area (Å²) in [5.41, 5.74) is 3.88. The predicted octanol–water partition coefficient (Wildman–Crippen LogP) is 4.37. The first-order valence-corrected chi connectivity index (χ1v) is 10.3. The van der Waals surface area contributed by atoms with Crippen LogP contribution in [0.4, 0.5) is 5.69 Å². The minimum absolute atomic E-state index is 0.0596. The number of amides is 1. The fraction of sp³-hybridized carbons (Fsp3) is 0.381. The molecule has 2 aromatic heterocycles. The number of hydrogen-bond acceptors (Lipinski definition) is 4. The number of ether oxygens (including phenoxy) is 1. The van der Waals surface area contributed by atoms with E-state index in [0.29, 0.717) is 5.69 Å². The molecular weight excluding hydrogens is 358 g/mol. The van der Waals surface area contributed by atoms with Crippen molar-refractivity contribution in [3.05, 3.63) is 53.0 Å². The maximum Gasteiger partial charge on any atom is 0.272 e. The summed E-state index contributed by atoms with van der Waals surface area (Å²) in [7, 11) is 0. The maximum absolute atomic E-state index is 13.0. The van der Waals surface area contributed by atoms with Gasteiger partial charge >= 0.3 is 0 Å². The van der Waals surface area contributed by atoms with Gasteiger partial charge in [-0.15, -0.1) is 11.3 Å². The Hall–Kier alpha value is -2.15. The summed E-state index contributed by atoms with van der Waals surface area (Å²) < 4.78 is 8.67. The highest BCUT2D eigenvalue weighted by Gasteiger charge is 2.18. The van der Waals surface area contributed by atoms with Crippen LogP contribution in [0.3, 0.4) is 0 Å². The first kappa shape index (κ1) is 18.2. The molecule has 0 aliphatic carbocycles. The fourth-order valence-corrected chi connectivity index (χ4v) is 4.45. The number of rotatable bonds is 5. The van der Waals surface area contributed by atoms with Gasteiger partial charge in [0.15, 0.2) is 0 Å². The summed E-state index contributed by atoms with van der Waals surface area (Å²) in [4.78, 5) is 15.3. The van der Waals surface area contributed by atoms with E-state index >= 15 is 0 Å². The van der Waals surface area contributed by atoms with Gasteiger partial charge in [-0.05, 0) is 49.1 Å². The van der Waals surface area contributed by atoms with Crippen molar-refractivity contribution in [1.82, 2.24) is 9.47 Å². The number of benzene rings is 1. The van der Waals surface area contributed by atoms with E-state index in [4.69, 9.17) is 4.74 Å². The van der Waals surface area contributed by atoms with E-state index in [2.05, 4.69) is 52.2 Å². The Labute approximate surface area is 163 Å². The van der Waals surface area contributed by atoms with E-state index in [0.717, 1.165) is 48.8 Å². The number of aromatic nitrogens is 1. The highest BCUT2D eigenvalue weighted by molar-refractivity contribution is 7.17. The molecule has 27 heavy (non-hydrogen) atoms. The van der Waals surface area contributed by atoms with Crippen molar-refractivity contribution in [1.29, 1.82) is 0 Å². The van der Waals surface area contributed by atoms with Gasteiger partial charge in [0.25, 0.3) is 5.91 Å². The van der Waals surface area contributed by atoms with Crippen LogP contribution in [0, 0.1) is 0 Å². The Balaban J connectivity index is 1.52. The molecule has 1 fully saturated rings. The number of nitrogens with zero attached hydrogens (tertiary/aromatic N) is 2. The van der Waals surface area contributed by atoms with Gasteiger partial charge in [0.1, 0.15) is 5.69 Å². The molecule has 0 atom stereocenters. The molecule has 5 nitrogen and oxygen atoms in total. The molecule has 1 aliphatic heterocycles. The molecule has 6 heteroatoms. The van der Waals surface area contributed by atoms with Crippen molar-refractivity contribution >= 4 is 33.1 Å². The number of morpholine rings is 1. The number of carbonyl (C=O) groups excluding carboxylic acids is 1. The molecular formula is C21H25N3O2S. The SMILES string of the molecule is CC(C)n1c(C(=O)Nc2cccc(CN3CCOCC3)c2)cc2sccc21. The van der Waals surface area contributed by atoms with Gasteiger partial charge in [0.2, 0.25) is 0 Å². The molecule has 0 spiro atoms. The fourth-order valence-electron chi connectivity index (χ4n) is 3.64. The molecule has 1 aliphatic rings. The van der Waals surface area contributed by atoms with Gasteiger partial charge in [-0.3, -0.25) is 9.69 Å². The van der Waals surface area contributed by atoms with Crippen LogP contribution in [-0.4, -0.2) is 41.7 Å². The second kappa shape index (κ2) is 7.84. The lowest BCUT2D eigenvalue weighted by Gasteiger charge is -2.26. The van der Waals surface area contributed by atoms with Crippen molar-refractivity contribution in [2.45, 2.75) is 26.4 Å². The third kappa shape index (κ3) is 3.93. The monoisotopic (exact) mass is 383 g/mol. The number of carbonyl (C=O) groups is 1. The first-order valence-electron chi connectivity index (χ1n) is 9.40. The summed E-state index contributed by atoms with van der Waals surface area (Å²) in [5.74, 6) is -0.0596. The predicted molar refractivity (Wildman–Crippen MR) is 111 cm³/mol. The smallest absolute Gasteiger partial charge is 0.272 e. The maximum atomic E-state index is 13.0. The van der Waals surface area contributed by atoms with Gasteiger partial charge in [-0.1, -0.05) is 12.1 Å². The zero-order valence-corrected chi connectivity index (χ0v) is 16.6. The van der Waals surface area contributed by atoms with Gasteiger partial charge in [-0.2, -0.15) is 0 Å². The highest BCUT2D eigenvalue weighted by Crippen LogP contribution is 2.29. The normalized spacial score (nSPS) is 15.5. The van der Waals surface area contributed by atoms with Crippen LogP contribution >= 0.6 is 11.3 Å². The molecule has 1 saturated heterocycles. The molecule has 0 radical (unpaired) electrons. The van der Waals surface area contributed by atoms with Crippen molar-refractivity contribution < 1.29 is 9.53 Å². The Morgan fingerprint density at radius 2 is 2.04 bits per heavy atom. The number of thiophene rings is 1. The third-order valence-electron chi connectivity index (χ3n) is 4.90. The van der Waals surface area contributed by atoms with Crippen molar-refractivity contribution in [3.8, 4) is 0 Å². The molecule has 1 amide bonds. The summed E-state index contributed by atoms with van der Waals surface area (Å²) in [6.45, 7) is 8.59. The summed E-state index contributed by atoms with van der Waals surface area (Å²) >= 11 is 1.67. The molecule has 3 heterocycles. The minimum atomic E-state index is -0.0596. The van der Waals surface area contributed by atoms with Gasteiger partial charge in [0, 0.05) is 31.4 Å². The molecule has 1 aromatic carbocycles. The van der Waals surface area contributed by atoms with Gasteiger partial charge < -0.3 is 14.6 Å². The lowest BCUT2D eigenvalue weighted by molar-refractivity contribution is 0.0342. The zero-order valence-electron chi connectivity index (χ0n) is 15.8. The van der Waals surface area contributed by atoms with Crippen molar-refractivity contribution in [2.24, 2.45) is 0 Å². The molecule has 4 rings (SSSR count). The van der Waals surface area contributed by atoms with E-state index in [-0.39, 0.29) is 11.9 Å². The Bertz CT molecular complexity index is 938. The summed E-state index contributed by atoms with van der Waals surface area (Å²) in [6, 6.07) is 12.4. The second-order valence-corrected chi connectivity index (χ2v) is 8.15. The van der Waals surface area contributed by atoms with Crippen LogP contribution in [0.2, 0.25) is 0 Å². The van der Waals surface area contributed by atoms with Gasteiger partial charge in [-0.25, -0.2) is 0 Å². The average molecular weight is 384 g/mol. The Morgan fingerprint density at radius 3 is 2.81 bits per heavy atom. The third-order valence-corrected chi connectivity index (χ3v) is 5.76. The van der Waals surface area contributed by atoms with E-state index in [1.165, 1.54) is 5.56 Å². The van der Waals surface area contributed by atoms with Crippen LogP contribution in [0.15, 0.2) is 41.8 Å². The molecule has 0 saturated carbocycles. The number of anilines is 1. The summed E-state index contributed by atoms with van der Waals surface area (Å²) in [6.07, 6.45) is 0. The van der Waals surface area contributed by atoms with E-state index < -0.39 is 0 Å².